The van der Waals surface area contributed by atoms with E-state index in [0.29, 0.717) is 0 Å². The fourth-order valence-corrected chi connectivity index (χ4v) is 1.70. The minimum Gasteiger partial charge on any atom is -0.494 e. The van der Waals surface area contributed by atoms with Crippen molar-refractivity contribution in [3.05, 3.63) is 60.7 Å². The summed E-state index contributed by atoms with van der Waals surface area (Å²) in [6.45, 7) is 6.19. The van der Waals surface area contributed by atoms with E-state index < -0.39 is 0 Å². The van der Waals surface area contributed by atoms with E-state index in [-0.39, 0.29) is 0 Å². The molecule has 0 aliphatic carbocycles. The van der Waals surface area contributed by atoms with Crippen LogP contribution in [0.3, 0.4) is 0 Å². The van der Waals surface area contributed by atoms with Gasteiger partial charge < -0.3 is 10.1 Å². The Kier molecular flexibility index (Phi) is 9.63. The van der Waals surface area contributed by atoms with E-state index in [0.717, 1.165) is 25.3 Å². The van der Waals surface area contributed by atoms with Gasteiger partial charge in [-0.3, -0.25) is 0 Å². The number of ether oxygens (including phenoxy) is 1. The quantitative estimate of drug-likeness (QED) is 0.690. The maximum Gasteiger partial charge on any atom is 0.119 e. The van der Waals surface area contributed by atoms with E-state index in [1.54, 1.807) is 0 Å². The topological polar surface area (TPSA) is 21.3 Å². The molecule has 114 valence electrons. The zero-order valence-corrected chi connectivity index (χ0v) is 13.2. The molecule has 0 saturated heterocycles. The molecule has 0 heterocycles. The van der Waals surface area contributed by atoms with Gasteiger partial charge in [-0.15, -0.1) is 0 Å². The van der Waals surface area contributed by atoms with Gasteiger partial charge in [0.15, 0.2) is 0 Å². The van der Waals surface area contributed by atoms with Crippen LogP contribution in [0, 0.1) is 0 Å². The lowest BCUT2D eigenvalue weighted by molar-refractivity contribution is 0.317. The molecular weight excluding hydrogens is 258 g/mol. The van der Waals surface area contributed by atoms with Gasteiger partial charge in [0.05, 0.1) is 6.61 Å². The number of anilines is 1. The largest absolute Gasteiger partial charge is 0.494 e. The van der Waals surface area contributed by atoms with Crippen LogP contribution in [0.15, 0.2) is 60.7 Å². The molecule has 1 N–H and O–H groups in total. The first-order chi connectivity index (χ1) is 10.4. The van der Waals surface area contributed by atoms with Crippen molar-refractivity contribution in [2.24, 2.45) is 0 Å². The van der Waals surface area contributed by atoms with Crippen LogP contribution in [0.1, 0.15) is 33.1 Å². The van der Waals surface area contributed by atoms with Gasteiger partial charge in [-0.1, -0.05) is 56.7 Å². The third kappa shape index (κ3) is 8.74. The van der Waals surface area contributed by atoms with Gasteiger partial charge in [-0.2, -0.15) is 0 Å². The molecule has 0 atom stereocenters. The normalized spacial score (nSPS) is 9.43. The van der Waals surface area contributed by atoms with Gasteiger partial charge in [-0.05, 0) is 37.1 Å². The summed E-state index contributed by atoms with van der Waals surface area (Å²) in [5.74, 6) is 0.962. The summed E-state index contributed by atoms with van der Waals surface area (Å²) >= 11 is 0. The van der Waals surface area contributed by atoms with E-state index in [2.05, 4.69) is 31.3 Å². The van der Waals surface area contributed by atoms with Crippen LogP contribution in [-0.4, -0.2) is 13.2 Å². The van der Waals surface area contributed by atoms with Gasteiger partial charge in [0.2, 0.25) is 0 Å². The molecular formula is C19H27NO. The molecule has 0 aliphatic rings. The molecule has 2 nitrogen and oxygen atoms in total. The monoisotopic (exact) mass is 285 g/mol. The second kappa shape index (κ2) is 11.8. The van der Waals surface area contributed by atoms with E-state index in [4.69, 9.17) is 4.74 Å². The predicted octanol–water partition coefficient (Wildman–Crippen LogP) is 5.37. The Hall–Kier alpha value is -1.96. The lowest BCUT2D eigenvalue weighted by atomic mass is 10.3. The van der Waals surface area contributed by atoms with E-state index >= 15 is 0 Å². The van der Waals surface area contributed by atoms with Crippen molar-refractivity contribution in [1.82, 2.24) is 0 Å². The Morgan fingerprint density at radius 1 is 0.810 bits per heavy atom. The van der Waals surface area contributed by atoms with Crippen molar-refractivity contribution in [1.29, 1.82) is 0 Å². The number of unbranched alkanes of at least 4 members (excludes halogenated alkanes) is 1. The number of rotatable bonds is 7. The van der Waals surface area contributed by atoms with Crippen molar-refractivity contribution in [2.45, 2.75) is 33.1 Å². The molecule has 0 unspecified atom stereocenters. The molecule has 0 bridgehead atoms. The van der Waals surface area contributed by atoms with E-state index in [1.165, 1.54) is 18.5 Å². The fourth-order valence-electron chi connectivity index (χ4n) is 1.70. The van der Waals surface area contributed by atoms with Gasteiger partial charge in [0.25, 0.3) is 0 Å². The minimum absolute atomic E-state index is 0.810. The van der Waals surface area contributed by atoms with Crippen molar-refractivity contribution < 1.29 is 4.74 Å². The third-order valence-corrected chi connectivity index (χ3v) is 2.85. The van der Waals surface area contributed by atoms with Crippen LogP contribution in [0.25, 0.3) is 0 Å². The van der Waals surface area contributed by atoms with Crippen LogP contribution in [0.5, 0.6) is 5.75 Å². The Labute approximate surface area is 129 Å². The van der Waals surface area contributed by atoms with Crippen molar-refractivity contribution in [3.63, 3.8) is 0 Å². The average Bonchev–Trinajstić information content (AvgIpc) is 2.56. The van der Waals surface area contributed by atoms with E-state index in [1.807, 2.05) is 48.5 Å². The highest BCUT2D eigenvalue weighted by Gasteiger charge is 1.87. The summed E-state index contributed by atoms with van der Waals surface area (Å²) in [7, 11) is 0. The first-order valence-electron chi connectivity index (χ1n) is 7.83. The second-order valence-electron chi connectivity index (χ2n) is 4.81. The Bertz CT molecular complexity index is 442. The minimum atomic E-state index is 0.810. The Morgan fingerprint density at radius 3 is 2.00 bits per heavy atom. The highest BCUT2D eigenvalue weighted by atomic mass is 16.5. The molecule has 0 aromatic heterocycles. The molecule has 0 fully saturated rings. The van der Waals surface area contributed by atoms with E-state index in [9.17, 15) is 0 Å². The smallest absolute Gasteiger partial charge is 0.119 e. The van der Waals surface area contributed by atoms with Crippen LogP contribution in [-0.2, 0) is 0 Å². The van der Waals surface area contributed by atoms with Crippen LogP contribution in [0.2, 0.25) is 0 Å². The van der Waals surface area contributed by atoms with Crippen molar-refractivity contribution in [2.75, 3.05) is 18.5 Å². The molecule has 2 aromatic carbocycles. The number of hydrogen-bond acceptors (Lipinski definition) is 2. The standard InChI is InChI=1S/C10H15N.C9H12O/c1-2-3-9-11-10-7-5-4-6-8-10;1-2-8-10-9-6-4-3-5-7-9/h4-8,11H,2-3,9H2,1H3;3-7H,2,8H2,1H3. The highest BCUT2D eigenvalue weighted by Crippen LogP contribution is 2.07. The van der Waals surface area contributed by atoms with Crippen LogP contribution >= 0.6 is 0 Å². The lowest BCUT2D eigenvalue weighted by Crippen LogP contribution is -1.99. The number of nitrogens with one attached hydrogen (secondary N) is 1. The van der Waals surface area contributed by atoms with Gasteiger partial charge in [0, 0.05) is 12.2 Å². The summed E-state index contributed by atoms with van der Waals surface area (Å²) in [5, 5.41) is 3.35. The Morgan fingerprint density at radius 2 is 1.43 bits per heavy atom. The van der Waals surface area contributed by atoms with Crippen molar-refractivity contribution >= 4 is 5.69 Å². The fraction of sp³-hybridized carbons (Fsp3) is 0.368. The van der Waals surface area contributed by atoms with Crippen LogP contribution < -0.4 is 10.1 Å². The number of benzene rings is 2. The molecule has 0 radical (unpaired) electrons. The maximum absolute atomic E-state index is 5.36. The van der Waals surface area contributed by atoms with Gasteiger partial charge >= 0.3 is 0 Å². The summed E-state index contributed by atoms with van der Waals surface area (Å²) in [6.07, 6.45) is 3.56. The third-order valence-electron chi connectivity index (χ3n) is 2.85. The molecule has 0 saturated carbocycles. The number of para-hydroxylation sites is 2. The zero-order valence-electron chi connectivity index (χ0n) is 13.2. The molecule has 21 heavy (non-hydrogen) atoms. The molecule has 0 amide bonds. The lowest BCUT2D eigenvalue weighted by Gasteiger charge is -2.03. The first-order valence-corrected chi connectivity index (χ1v) is 7.83. The van der Waals surface area contributed by atoms with Crippen molar-refractivity contribution in [3.8, 4) is 5.75 Å². The molecule has 2 aromatic rings. The molecule has 0 spiro atoms. The SMILES string of the molecule is CCCCNc1ccccc1.CCCOc1ccccc1. The summed E-state index contributed by atoms with van der Waals surface area (Å²) < 4.78 is 5.36. The van der Waals surface area contributed by atoms with Crippen LogP contribution in [0.4, 0.5) is 5.69 Å². The molecule has 2 heteroatoms. The highest BCUT2D eigenvalue weighted by molar-refractivity contribution is 5.42. The predicted molar refractivity (Wildman–Crippen MR) is 92.1 cm³/mol. The molecule has 2 rings (SSSR count). The maximum atomic E-state index is 5.36. The number of hydrogen-bond donors (Lipinski definition) is 1. The Balaban J connectivity index is 0.000000211. The summed E-state index contributed by atoms with van der Waals surface area (Å²) in [6, 6.07) is 20.2. The average molecular weight is 285 g/mol. The first kappa shape index (κ1) is 17.1. The summed E-state index contributed by atoms with van der Waals surface area (Å²) in [5.41, 5.74) is 1.22. The molecule has 0 aliphatic heterocycles. The second-order valence-corrected chi connectivity index (χ2v) is 4.81. The zero-order chi connectivity index (χ0) is 15.2. The van der Waals surface area contributed by atoms with Gasteiger partial charge in [-0.25, -0.2) is 0 Å². The van der Waals surface area contributed by atoms with Gasteiger partial charge in [0.1, 0.15) is 5.75 Å². The summed E-state index contributed by atoms with van der Waals surface area (Å²) in [4.78, 5) is 0.